The summed E-state index contributed by atoms with van der Waals surface area (Å²) in [5.41, 5.74) is 3.03. The van der Waals surface area contributed by atoms with Gasteiger partial charge in [-0.15, -0.1) is 0 Å². The van der Waals surface area contributed by atoms with Crippen LogP contribution in [0.1, 0.15) is 49.7 Å². The number of piperidine rings is 1. The van der Waals surface area contributed by atoms with Gasteiger partial charge in [-0.25, -0.2) is 0 Å². The molecule has 6 heteroatoms. The highest BCUT2D eigenvalue weighted by Gasteiger charge is 2.50. The molecular formula is C30H38N4O2. The molecule has 0 unspecified atom stereocenters. The second-order valence-electron chi connectivity index (χ2n) is 10.4. The SMILES string of the molecule is O=C1CNC(=O)C2(CCN(CCCCCCc3ccccc3)CC2)N1CCc1c[nH]c2ccccc12. The number of likely N-dealkylation sites (tertiary alicyclic amines) is 1. The molecule has 2 fully saturated rings. The molecule has 2 aromatic carbocycles. The number of benzene rings is 2. The highest BCUT2D eigenvalue weighted by molar-refractivity contribution is 5.98. The summed E-state index contributed by atoms with van der Waals surface area (Å²) in [7, 11) is 0. The lowest BCUT2D eigenvalue weighted by atomic mass is 9.82. The van der Waals surface area contributed by atoms with E-state index in [9.17, 15) is 9.59 Å². The molecule has 5 rings (SSSR count). The first-order valence-corrected chi connectivity index (χ1v) is 13.6. The molecule has 2 N–H and O–H groups in total. The number of hydrogen-bond acceptors (Lipinski definition) is 3. The largest absolute Gasteiger partial charge is 0.361 e. The number of carbonyl (C=O) groups excluding carboxylic acids is 2. The van der Waals surface area contributed by atoms with Crippen molar-refractivity contribution in [1.82, 2.24) is 20.1 Å². The van der Waals surface area contributed by atoms with Crippen molar-refractivity contribution < 1.29 is 9.59 Å². The zero-order valence-corrected chi connectivity index (χ0v) is 21.2. The van der Waals surface area contributed by atoms with Crippen LogP contribution in [0.15, 0.2) is 60.8 Å². The molecule has 2 aliphatic rings. The molecule has 6 nitrogen and oxygen atoms in total. The number of para-hydroxylation sites is 1. The first-order valence-electron chi connectivity index (χ1n) is 13.6. The lowest BCUT2D eigenvalue weighted by molar-refractivity contribution is -0.157. The number of amides is 2. The summed E-state index contributed by atoms with van der Waals surface area (Å²) < 4.78 is 0. The minimum Gasteiger partial charge on any atom is -0.361 e. The predicted octanol–water partition coefficient (Wildman–Crippen LogP) is 4.31. The quantitative estimate of drug-likeness (QED) is 0.420. The van der Waals surface area contributed by atoms with E-state index in [1.54, 1.807) is 0 Å². The van der Waals surface area contributed by atoms with Crippen LogP contribution in [0.25, 0.3) is 10.9 Å². The van der Waals surface area contributed by atoms with Crippen LogP contribution in [0, 0.1) is 0 Å². The van der Waals surface area contributed by atoms with E-state index in [0.717, 1.165) is 38.0 Å². The van der Waals surface area contributed by atoms with Gasteiger partial charge in [-0.3, -0.25) is 9.59 Å². The molecule has 2 aliphatic heterocycles. The van der Waals surface area contributed by atoms with Crippen LogP contribution in [0.5, 0.6) is 0 Å². The van der Waals surface area contributed by atoms with Gasteiger partial charge in [0, 0.05) is 36.7 Å². The van der Waals surface area contributed by atoms with Crippen LogP contribution in [-0.2, 0) is 22.4 Å². The van der Waals surface area contributed by atoms with E-state index in [-0.39, 0.29) is 18.4 Å². The zero-order chi connectivity index (χ0) is 24.8. The average molecular weight is 487 g/mol. The fourth-order valence-corrected chi connectivity index (χ4v) is 5.99. The number of aromatic nitrogens is 1. The Morgan fingerprint density at radius 3 is 2.39 bits per heavy atom. The first-order chi connectivity index (χ1) is 17.7. The van der Waals surface area contributed by atoms with E-state index in [1.165, 1.54) is 42.2 Å². The van der Waals surface area contributed by atoms with Crippen molar-refractivity contribution in [1.29, 1.82) is 0 Å². The lowest BCUT2D eigenvalue weighted by Gasteiger charge is -2.50. The Kier molecular flexibility index (Phi) is 7.71. The number of carbonyl (C=O) groups is 2. The van der Waals surface area contributed by atoms with Gasteiger partial charge in [-0.2, -0.15) is 0 Å². The Balaban J connectivity index is 1.11. The molecule has 0 radical (unpaired) electrons. The van der Waals surface area contributed by atoms with Gasteiger partial charge in [0.2, 0.25) is 11.8 Å². The van der Waals surface area contributed by atoms with Crippen LogP contribution in [0.4, 0.5) is 0 Å². The van der Waals surface area contributed by atoms with Crippen molar-refractivity contribution in [2.45, 2.75) is 56.9 Å². The predicted molar refractivity (Wildman–Crippen MR) is 144 cm³/mol. The number of rotatable bonds is 10. The number of piperazine rings is 1. The van der Waals surface area contributed by atoms with Gasteiger partial charge < -0.3 is 20.1 Å². The summed E-state index contributed by atoms with van der Waals surface area (Å²) in [6, 6.07) is 19.0. The van der Waals surface area contributed by atoms with Gasteiger partial charge in [-0.1, -0.05) is 61.4 Å². The summed E-state index contributed by atoms with van der Waals surface area (Å²) >= 11 is 0. The summed E-state index contributed by atoms with van der Waals surface area (Å²) in [5, 5.41) is 4.08. The summed E-state index contributed by atoms with van der Waals surface area (Å²) in [4.78, 5) is 33.8. The molecule has 2 saturated heterocycles. The number of aromatic amines is 1. The number of hydrogen-bond donors (Lipinski definition) is 2. The maximum atomic E-state index is 13.1. The number of nitrogens with one attached hydrogen (secondary N) is 2. The van der Waals surface area contributed by atoms with Crippen molar-refractivity contribution in [3.8, 4) is 0 Å². The normalized spacial score (nSPS) is 18.2. The molecular weight excluding hydrogens is 448 g/mol. The second kappa shape index (κ2) is 11.3. The van der Waals surface area contributed by atoms with Crippen molar-refractivity contribution in [3.05, 3.63) is 71.9 Å². The molecule has 2 amide bonds. The third-order valence-corrected chi connectivity index (χ3v) is 8.14. The van der Waals surface area contributed by atoms with Crippen LogP contribution < -0.4 is 5.32 Å². The monoisotopic (exact) mass is 486 g/mol. The lowest BCUT2D eigenvalue weighted by Crippen LogP contribution is -2.70. The number of aryl methyl sites for hydroxylation is 1. The van der Waals surface area contributed by atoms with Crippen molar-refractivity contribution in [3.63, 3.8) is 0 Å². The van der Waals surface area contributed by atoms with E-state index in [4.69, 9.17) is 0 Å². The molecule has 1 aromatic heterocycles. The zero-order valence-electron chi connectivity index (χ0n) is 21.2. The Labute approximate surface area is 214 Å². The molecule has 0 aliphatic carbocycles. The molecule has 0 atom stereocenters. The standard InChI is InChI=1S/C30H38N4O2/c35-28-23-32-29(36)30(34(28)19-15-25-22-31-27-14-8-7-13-26(25)27)16-20-33(21-17-30)18-9-2-1-4-10-24-11-5-3-6-12-24/h3,5-8,11-14,22,31H,1-2,4,9-10,15-21,23H2,(H,32,36). The Hall–Kier alpha value is -3.12. The summed E-state index contributed by atoms with van der Waals surface area (Å²) in [6.45, 7) is 3.51. The maximum absolute atomic E-state index is 13.1. The van der Waals surface area contributed by atoms with Crippen molar-refractivity contribution >= 4 is 22.7 Å². The molecule has 0 bridgehead atoms. The van der Waals surface area contributed by atoms with Crippen LogP contribution in [0.3, 0.4) is 0 Å². The minimum absolute atomic E-state index is 0.0292. The minimum atomic E-state index is -0.701. The third-order valence-electron chi connectivity index (χ3n) is 8.14. The first kappa shape index (κ1) is 24.6. The van der Waals surface area contributed by atoms with Crippen LogP contribution >= 0.6 is 0 Å². The highest BCUT2D eigenvalue weighted by atomic mass is 16.2. The number of unbranched alkanes of at least 4 members (excludes halogenated alkanes) is 3. The topological polar surface area (TPSA) is 68.4 Å². The van der Waals surface area contributed by atoms with Crippen LogP contribution in [-0.4, -0.2) is 64.9 Å². The number of H-pyrrole nitrogens is 1. The van der Waals surface area contributed by atoms with E-state index < -0.39 is 5.54 Å². The van der Waals surface area contributed by atoms with Gasteiger partial charge in [0.1, 0.15) is 5.54 Å². The maximum Gasteiger partial charge on any atom is 0.246 e. The Bertz CT molecular complexity index is 1160. The van der Waals surface area contributed by atoms with E-state index in [0.29, 0.717) is 19.4 Å². The Morgan fingerprint density at radius 2 is 1.56 bits per heavy atom. The van der Waals surface area contributed by atoms with Crippen LogP contribution in [0.2, 0.25) is 0 Å². The second-order valence-corrected chi connectivity index (χ2v) is 10.4. The smallest absolute Gasteiger partial charge is 0.246 e. The van der Waals surface area contributed by atoms with E-state index >= 15 is 0 Å². The summed E-state index contributed by atoms with van der Waals surface area (Å²) in [5.74, 6) is 0.0721. The fourth-order valence-electron chi connectivity index (χ4n) is 5.99. The Morgan fingerprint density at radius 1 is 0.806 bits per heavy atom. The highest BCUT2D eigenvalue weighted by Crippen LogP contribution is 2.32. The molecule has 190 valence electrons. The number of nitrogens with zero attached hydrogens (tertiary/aromatic N) is 2. The molecule has 36 heavy (non-hydrogen) atoms. The molecule has 3 heterocycles. The van der Waals surface area contributed by atoms with Gasteiger partial charge in [0.05, 0.1) is 6.54 Å². The van der Waals surface area contributed by atoms with Crippen molar-refractivity contribution in [2.75, 3.05) is 32.7 Å². The van der Waals surface area contributed by atoms with Gasteiger partial charge in [0.25, 0.3) is 0 Å². The summed E-state index contributed by atoms with van der Waals surface area (Å²) in [6.07, 6.45) is 10.3. The molecule has 0 saturated carbocycles. The van der Waals surface area contributed by atoms with E-state index in [1.807, 2.05) is 23.2 Å². The third kappa shape index (κ3) is 5.34. The van der Waals surface area contributed by atoms with Gasteiger partial charge in [0.15, 0.2) is 0 Å². The average Bonchev–Trinajstić information content (AvgIpc) is 3.33. The van der Waals surface area contributed by atoms with E-state index in [2.05, 4.69) is 57.7 Å². The number of fused-ring (bicyclic) bond motifs is 1. The molecule has 3 aromatic rings. The molecule has 1 spiro atoms. The van der Waals surface area contributed by atoms with Gasteiger partial charge in [-0.05, 0) is 62.3 Å². The van der Waals surface area contributed by atoms with Crippen molar-refractivity contribution in [2.24, 2.45) is 0 Å². The fraction of sp³-hybridized carbons (Fsp3) is 0.467. The van der Waals surface area contributed by atoms with Gasteiger partial charge >= 0.3 is 0 Å².